The Kier molecular flexibility index (Phi) is 25.3. The Hall–Kier alpha value is -8.58. The Balaban J connectivity index is 1.08. The van der Waals surface area contributed by atoms with Gasteiger partial charge >= 0.3 is 11.9 Å². The van der Waals surface area contributed by atoms with Crippen LogP contribution in [0.3, 0.4) is 0 Å². The van der Waals surface area contributed by atoms with Gasteiger partial charge in [-0.1, -0.05) is 192 Å². The molecule has 0 amide bonds. The highest BCUT2D eigenvalue weighted by Gasteiger charge is 2.59. The van der Waals surface area contributed by atoms with Crippen molar-refractivity contribution in [2.45, 2.75) is 132 Å². The number of nitrogens with zero attached hydrogens (tertiary/aromatic N) is 6. The van der Waals surface area contributed by atoms with Crippen molar-refractivity contribution in [1.82, 2.24) is 0 Å². The van der Waals surface area contributed by atoms with Crippen molar-refractivity contribution in [1.29, 1.82) is 0 Å². The average molecular weight is 1270 g/mol. The molecule has 0 aromatic heterocycles. The Bertz CT molecular complexity index is 3470. The molecule has 3 fully saturated rings. The molecule has 93 heavy (non-hydrogen) atoms. The van der Waals surface area contributed by atoms with Crippen molar-refractivity contribution < 1.29 is 80.6 Å². The first-order valence-corrected chi connectivity index (χ1v) is 30.4. The van der Waals surface area contributed by atoms with Crippen LogP contribution < -0.4 is 4.74 Å². The maximum atomic E-state index is 14.9. The van der Waals surface area contributed by atoms with Gasteiger partial charge in [-0.15, -0.1) is 0 Å². The van der Waals surface area contributed by atoms with Gasteiger partial charge < -0.3 is 71.1 Å². The second kappa shape index (κ2) is 34.9. The van der Waals surface area contributed by atoms with Gasteiger partial charge in [0.2, 0.25) is 0 Å². The second-order valence-electron chi connectivity index (χ2n) is 22.0. The predicted octanol–water partition coefficient (Wildman–Crippen LogP) is 11.1. The Morgan fingerprint density at radius 1 is 0.419 bits per heavy atom. The van der Waals surface area contributed by atoms with E-state index in [9.17, 15) is 20.7 Å². The smallest absolute Gasteiger partial charge is 0.338 e. The van der Waals surface area contributed by atoms with Crippen LogP contribution in [0, 0.1) is 0 Å². The van der Waals surface area contributed by atoms with Crippen LogP contribution in [0.2, 0.25) is 0 Å². The summed E-state index contributed by atoms with van der Waals surface area (Å²) >= 11 is 0. The Morgan fingerprint density at radius 3 is 1.28 bits per heavy atom. The number of azide groups is 2. The second-order valence-corrected chi connectivity index (χ2v) is 22.0. The van der Waals surface area contributed by atoms with Gasteiger partial charge in [-0.05, 0) is 68.7 Å². The zero-order valence-electron chi connectivity index (χ0n) is 51.6. The van der Waals surface area contributed by atoms with Gasteiger partial charge in [0.15, 0.2) is 31.1 Å². The molecule has 7 aromatic carbocycles. The van der Waals surface area contributed by atoms with E-state index in [1.807, 2.05) is 176 Å². The first kappa shape index (κ1) is 67.3. The molecular weight excluding hydrogens is 1200 g/mol. The maximum absolute atomic E-state index is 14.9. The number of methoxy groups -OCH3 is 3. The highest BCUT2D eigenvalue weighted by Crippen LogP contribution is 2.40. The molecule has 6 unspecified atom stereocenters. The summed E-state index contributed by atoms with van der Waals surface area (Å²) in [4.78, 5) is 36.3. The fraction of sp³-hybridized carbons (Fsp3) is 0.371. The lowest BCUT2D eigenvalue weighted by molar-refractivity contribution is -0.368. The fourth-order valence-electron chi connectivity index (χ4n) is 11.2. The molecule has 486 valence electrons. The highest BCUT2D eigenvalue weighted by atomic mass is 16.8. The van der Waals surface area contributed by atoms with E-state index >= 15 is 0 Å². The topological polar surface area (TPSA) is 270 Å². The molecule has 10 rings (SSSR count). The number of benzene rings is 7. The fourth-order valence-corrected chi connectivity index (χ4v) is 11.2. The molecule has 0 spiro atoms. The molecule has 7 aromatic rings. The van der Waals surface area contributed by atoms with Crippen molar-refractivity contribution in [3.63, 3.8) is 0 Å². The first-order valence-electron chi connectivity index (χ1n) is 30.4. The van der Waals surface area contributed by atoms with Gasteiger partial charge in [0.25, 0.3) is 0 Å². The third kappa shape index (κ3) is 18.4. The normalized spacial score (nSPS) is 25.9. The van der Waals surface area contributed by atoms with Crippen molar-refractivity contribution in [2.75, 3.05) is 34.5 Å². The zero-order chi connectivity index (χ0) is 64.6. The van der Waals surface area contributed by atoms with Gasteiger partial charge in [0.05, 0.1) is 72.6 Å². The van der Waals surface area contributed by atoms with Gasteiger partial charge in [-0.2, -0.15) is 0 Å². The number of ether oxygens (including phenoxy) is 15. The van der Waals surface area contributed by atoms with Gasteiger partial charge in [0, 0.05) is 16.9 Å². The molecule has 3 heterocycles. The Morgan fingerprint density at radius 2 is 0.817 bits per heavy atom. The lowest BCUT2D eigenvalue weighted by Crippen LogP contribution is -2.68. The van der Waals surface area contributed by atoms with Gasteiger partial charge in [0.1, 0.15) is 66.7 Å². The molecule has 0 radical (unpaired) electrons. The molecule has 0 saturated carbocycles. The molecule has 23 heteroatoms. The monoisotopic (exact) mass is 1270 g/mol. The largest absolute Gasteiger partial charge is 0.497 e. The van der Waals surface area contributed by atoms with Crippen LogP contribution in [0.15, 0.2) is 216 Å². The highest BCUT2D eigenvalue weighted by molar-refractivity contribution is 5.89. The number of carbonyl (C=O) groups excluding carboxylic acids is 2. The molecule has 0 aliphatic carbocycles. The molecule has 0 N–H and O–H groups in total. The van der Waals surface area contributed by atoms with E-state index in [4.69, 9.17) is 71.1 Å². The summed E-state index contributed by atoms with van der Waals surface area (Å²) in [5.74, 6) is -1.20. The maximum Gasteiger partial charge on any atom is 0.338 e. The molecule has 3 aliphatic rings. The number of esters is 2. The van der Waals surface area contributed by atoms with E-state index in [1.165, 1.54) is 7.11 Å². The minimum atomic E-state index is -1.83. The van der Waals surface area contributed by atoms with Crippen molar-refractivity contribution in [3.8, 4) is 5.75 Å². The molecular formula is C70H74N6O17. The third-order valence-electron chi connectivity index (χ3n) is 15.8. The van der Waals surface area contributed by atoms with E-state index in [0.717, 1.165) is 34.9 Å². The summed E-state index contributed by atoms with van der Waals surface area (Å²) in [6.45, 7) is -0.111. The zero-order valence-corrected chi connectivity index (χ0v) is 51.6. The van der Waals surface area contributed by atoms with Crippen LogP contribution in [-0.2, 0) is 111 Å². The summed E-state index contributed by atoms with van der Waals surface area (Å²) in [6.07, 6.45) is -18.3. The number of hydrogen-bond donors (Lipinski definition) is 0. The van der Waals surface area contributed by atoms with Crippen LogP contribution in [0.5, 0.6) is 5.75 Å². The molecule has 3 saturated heterocycles. The van der Waals surface area contributed by atoms with E-state index in [-0.39, 0.29) is 58.4 Å². The molecule has 3 aliphatic heterocycles. The lowest BCUT2D eigenvalue weighted by Gasteiger charge is -2.50. The summed E-state index contributed by atoms with van der Waals surface area (Å²) in [7, 11) is 4.14. The van der Waals surface area contributed by atoms with Crippen molar-refractivity contribution >= 4 is 11.9 Å². The number of rotatable bonds is 31. The summed E-state index contributed by atoms with van der Waals surface area (Å²) in [6, 6.07) is 59.7. The van der Waals surface area contributed by atoms with Crippen LogP contribution >= 0.6 is 0 Å². The van der Waals surface area contributed by atoms with Crippen molar-refractivity contribution in [2.24, 2.45) is 10.2 Å². The van der Waals surface area contributed by atoms with Crippen LogP contribution in [0.1, 0.15) is 43.7 Å². The van der Waals surface area contributed by atoms with E-state index < -0.39 is 104 Å². The Labute approximate surface area is 538 Å². The van der Waals surface area contributed by atoms with Gasteiger partial charge in [-0.25, -0.2) is 9.59 Å². The third-order valence-corrected chi connectivity index (χ3v) is 15.8. The van der Waals surface area contributed by atoms with Crippen LogP contribution in [0.25, 0.3) is 20.9 Å². The molecule has 23 nitrogen and oxygen atoms in total. The standard InChI is InChI=1S/C70H74N6O17/c1-79-53-36-34-51(35-37-53)43-84-58-54(44-82-38-46-22-10-4-11-23-46)89-69(57(74-76-72)60(58)85-40-48-26-14-6-15-27-48)92-63-62(87-42-50-30-18-8-19-31-50)65(90-66(77)52-32-20-9-21-33-52)70(93-64(63)67(78)80-2)91-59-55(45-83-39-47-24-12-5-13-25-47)88-68(81-3)56(73-75-71)61(59)86-41-49-28-16-7-17-29-49/h4-37,54-65,68-70H,38-45H2,1-3H3/t54?,55?,56?,57?,58-,59-,60+,61+,62-,63+,64?,65?,68+,69-,70+/m0/s1. The van der Waals surface area contributed by atoms with E-state index in [0.29, 0.717) is 11.3 Å². The summed E-state index contributed by atoms with van der Waals surface area (Å²) in [5, 5.41) is 8.48. The molecule has 0 bridgehead atoms. The minimum Gasteiger partial charge on any atom is -0.497 e. The quantitative estimate of drug-likeness (QED) is 0.0169. The SMILES string of the molecule is COC(=O)C1O[C@@H](O[C@H]2C(COCc3ccccc3)O[C@@H](OC)C(N=[N+]=[N-])[C@H]2OCc2ccccc2)C(OC(=O)c2ccccc2)[C@@H](OCc2ccccc2)[C@H]1O[C@@H]1OC(COCc2ccccc2)[C@H](OCc2ccc(OC)cc2)[C@H](OCc2ccccc2)C1N=[N+]=[N-]. The van der Waals surface area contributed by atoms with Crippen molar-refractivity contribution in [3.05, 3.63) is 266 Å². The van der Waals surface area contributed by atoms with Crippen LogP contribution in [-0.4, -0.2) is 138 Å². The van der Waals surface area contributed by atoms with E-state index in [2.05, 4.69) is 20.1 Å². The lowest BCUT2D eigenvalue weighted by atomic mass is 9.94. The number of carbonyl (C=O) groups is 2. The van der Waals surface area contributed by atoms with E-state index in [1.54, 1.807) is 37.4 Å². The minimum absolute atomic E-state index is 0.0111. The predicted molar refractivity (Wildman–Crippen MR) is 335 cm³/mol. The first-order chi connectivity index (χ1) is 45.7. The number of hydrogen-bond acceptors (Lipinski definition) is 19. The summed E-state index contributed by atoms with van der Waals surface area (Å²) < 4.78 is 98.5. The van der Waals surface area contributed by atoms with Crippen LogP contribution in [0.4, 0.5) is 0 Å². The molecule has 15 atom stereocenters. The van der Waals surface area contributed by atoms with Gasteiger partial charge in [-0.3, -0.25) is 0 Å². The summed E-state index contributed by atoms with van der Waals surface area (Å²) in [5.41, 5.74) is 25.6. The average Bonchev–Trinajstić information content (AvgIpc) is 0.799.